The molecule has 2 saturated heterocycles. The van der Waals surface area contributed by atoms with Crippen LogP contribution in [0.15, 0.2) is 15.9 Å². The Hall–Kier alpha value is -0.100. The van der Waals surface area contributed by atoms with Gasteiger partial charge >= 0.3 is 0 Å². The van der Waals surface area contributed by atoms with Crippen molar-refractivity contribution in [3.63, 3.8) is 0 Å². The van der Waals surface area contributed by atoms with Crippen molar-refractivity contribution in [3.8, 4) is 0 Å². The third-order valence-corrected chi connectivity index (χ3v) is 6.07. The second kappa shape index (κ2) is 7.95. The average Bonchev–Trinajstić information content (AvgIpc) is 2.92. The summed E-state index contributed by atoms with van der Waals surface area (Å²) in [5.74, 6) is 0.372. The lowest BCUT2D eigenvalue weighted by Gasteiger charge is -2.28. The largest absolute Gasteiger partial charge is 0.335 e. The molecule has 0 aromatic carbocycles. The molecular formula is C15H22BrClN2OS. The number of hydrogen-bond donors (Lipinski definition) is 1. The van der Waals surface area contributed by atoms with Crippen molar-refractivity contribution in [2.75, 3.05) is 13.1 Å². The quantitative estimate of drug-likeness (QED) is 0.847. The van der Waals surface area contributed by atoms with Gasteiger partial charge in [0.05, 0.1) is 3.79 Å². The summed E-state index contributed by atoms with van der Waals surface area (Å²) in [5, 5.41) is 3.45. The lowest BCUT2D eigenvalue weighted by molar-refractivity contribution is -0.133. The van der Waals surface area contributed by atoms with E-state index in [1.165, 1.54) is 21.5 Å². The van der Waals surface area contributed by atoms with E-state index in [1.54, 1.807) is 11.3 Å². The van der Waals surface area contributed by atoms with Gasteiger partial charge < -0.3 is 10.2 Å². The summed E-state index contributed by atoms with van der Waals surface area (Å²) < 4.78 is 1.18. The van der Waals surface area contributed by atoms with Gasteiger partial charge in [0.1, 0.15) is 0 Å². The van der Waals surface area contributed by atoms with Crippen molar-refractivity contribution in [2.45, 2.75) is 50.6 Å². The Balaban J connectivity index is 0.00000161. The van der Waals surface area contributed by atoms with Crippen LogP contribution < -0.4 is 5.32 Å². The van der Waals surface area contributed by atoms with E-state index in [9.17, 15) is 4.79 Å². The first kappa shape index (κ1) is 17.3. The summed E-state index contributed by atoms with van der Waals surface area (Å²) >= 11 is 5.26. The highest BCUT2D eigenvalue weighted by molar-refractivity contribution is 9.11. The van der Waals surface area contributed by atoms with Crippen molar-refractivity contribution in [2.24, 2.45) is 0 Å². The number of fused-ring (bicyclic) bond motifs is 2. The molecule has 21 heavy (non-hydrogen) atoms. The first-order valence-corrected chi connectivity index (χ1v) is 9.11. The van der Waals surface area contributed by atoms with Crippen LogP contribution in [0.25, 0.3) is 0 Å². The van der Waals surface area contributed by atoms with E-state index in [1.807, 2.05) is 0 Å². The molecule has 1 N–H and O–H groups in total. The number of carbonyl (C=O) groups excluding carboxylic acids is 1. The molecule has 118 valence electrons. The fourth-order valence-electron chi connectivity index (χ4n) is 3.42. The van der Waals surface area contributed by atoms with Gasteiger partial charge in [0.25, 0.3) is 0 Å². The lowest BCUT2D eigenvalue weighted by Crippen LogP contribution is -2.42. The number of amides is 1. The van der Waals surface area contributed by atoms with E-state index < -0.39 is 0 Å². The number of nitrogens with one attached hydrogen (secondary N) is 1. The maximum Gasteiger partial charge on any atom is 0.223 e. The van der Waals surface area contributed by atoms with Crippen LogP contribution in [0.4, 0.5) is 0 Å². The molecule has 3 rings (SSSR count). The molecule has 3 nitrogen and oxygen atoms in total. The van der Waals surface area contributed by atoms with E-state index in [0.717, 1.165) is 32.4 Å². The number of thiophene rings is 1. The monoisotopic (exact) mass is 392 g/mol. The molecule has 2 atom stereocenters. The van der Waals surface area contributed by atoms with Gasteiger partial charge in [-0.15, -0.1) is 23.7 Å². The minimum absolute atomic E-state index is 0. The van der Waals surface area contributed by atoms with Crippen molar-refractivity contribution < 1.29 is 4.79 Å². The van der Waals surface area contributed by atoms with Crippen LogP contribution in [0.2, 0.25) is 0 Å². The Morgan fingerprint density at radius 1 is 1.33 bits per heavy atom. The summed E-state index contributed by atoms with van der Waals surface area (Å²) in [6.45, 7) is 2.05. The van der Waals surface area contributed by atoms with Crippen LogP contribution in [0.1, 0.15) is 37.0 Å². The summed E-state index contributed by atoms with van der Waals surface area (Å²) in [6.07, 6.45) is 6.19. The van der Waals surface area contributed by atoms with E-state index >= 15 is 0 Å². The van der Waals surface area contributed by atoms with Crippen LogP contribution in [0, 0.1) is 0 Å². The molecule has 2 unspecified atom stereocenters. The maximum atomic E-state index is 12.5. The zero-order valence-electron chi connectivity index (χ0n) is 12.0. The first-order valence-electron chi connectivity index (χ1n) is 7.50. The van der Waals surface area contributed by atoms with Crippen molar-refractivity contribution in [1.29, 1.82) is 0 Å². The molecule has 6 heteroatoms. The second-order valence-electron chi connectivity index (χ2n) is 5.74. The molecule has 2 bridgehead atoms. The van der Waals surface area contributed by atoms with Crippen molar-refractivity contribution >= 4 is 45.6 Å². The summed E-state index contributed by atoms with van der Waals surface area (Å²) in [4.78, 5) is 16.1. The van der Waals surface area contributed by atoms with Crippen LogP contribution in [-0.4, -0.2) is 36.0 Å². The smallest absolute Gasteiger partial charge is 0.223 e. The zero-order chi connectivity index (χ0) is 13.9. The summed E-state index contributed by atoms with van der Waals surface area (Å²) in [7, 11) is 0. The number of halogens is 2. The molecular weight excluding hydrogens is 372 g/mol. The Morgan fingerprint density at radius 2 is 2.14 bits per heavy atom. The SMILES string of the molecule is Cl.O=C(CCCc1ccc(Br)s1)N1C2CCNCC1CC2. The average molecular weight is 394 g/mol. The van der Waals surface area contributed by atoms with Gasteiger partial charge in [0.15, 0.2) is 0 Å². The van der Waals surface area contributed by atoms with E-state index in [2.05, 4.69) is 38.3 Å². The van der Waals surface area contributed by atoms with Crippen LogP contribution in [0.5, 0.6) is 0 Å². The molecule has 1 aromatic heterocycles. The lowest BCUT2D eigenvalue weighted by atomic mass is 10.1. The standard InChI is InChI=1S/C15H21BrN2OS.ClH/c16-14-7-6-13(20-14)2-1-3-15(19)18-11-4-5-12(18)10-17-9-8-11;/h6-7,11-12,17H,1-5,8-10H2;1H. The van der Waals surface area contributed by atoms with Crippen LogP contribution in [-0.2, 0) is 11.2 Å². The molecule has 0 saturated carbocycles. The van der Waals surface area contributed by atoms with Gasteiger partial charge in [-0.2, -0.15) is 0 Å². The predicted octanol–water partition coefficient (Wildman–Crippen LogP) is 3.61. The maximum absolute atomic E-state index is 12.5. The van der Waals surface area contributed by atoms with Gasteiger partial charge in [-0.05, 0) is 66.7 Å². The third-order valence-electron chi connectivity index (χ3n) is 4.38. The molecule has 3 heterocycles. The summed E-state index contributed by atoms with van der Waals surface area (Å²) in [6, 6.07) is 5.19. The minimum atomic E-state index is 0. The molecule has 2 aliphatic rings. The highest BCUT2D eigenvalue weighted by atomic mass is 79.9. The second-order valence-corrected chi connectivity index (χ2v) is 8.29. The number of hydrogen-bond acceptors (Lipinski definition) is 3. The Kier molecular flexibility index (Phi) is 6.53. The molecule has 0 spiro atoms. The highest BCUT2D eigenvalue weighted by Gasteiger charge is 2.37. The van der Waals surface area contributed by atoms with Crippen LogP contribution in [0.3, 0.4) is 0 Å². The topological polar surface area (TPSA) is 32.3 Å². The Labute approximate surface area is 145 Å². The van der Waals surface area contributed by atoms with Gasteiger partial charge in [-0.3, -0.25) is 4.79 Å². The van der Waals surface area contributed by atoms with Gasteiger partial charge in [-0.1, -0.05) is 0 Å². The highest BCUT2D eigenvalue weighted by Crippen LogP contribution is 2.29. The molecule has 0 radical (unpaired) electrons. The number of carbonyl (C=O) groups is 1. The zero-order valence-corrected chi connectivity index (χ0v) is 15.2. The molecule has 2 fully saturated rings. The van der Waals surface area contributed by atoms with Gasteiger partial charge in [-0.25, -0.2) is 0 Å². The first-order chi connectivity index (χ1) is 9.74. The molecule has 1 amide bonds. The minimum Gasteiger partial charge on any atom is -0.335 e. The van der Waals surface area contributed by atoms with E-state index in [0.29, 0.717) is 24.4 Å². The Morgan fingerprint density at radius 3 is 2.90 bits per heavy atom. The van der Waals surface area contributed by atoms with Crippen molar-refractivity contribution in [1.82, 2.24) is 10.2 Å². The number of rotatable bonds is 4. The van der Waals surface area contributed by atoms with Gasteiger partial charge in [0, 0.05) is 29.9 Å². The molecule has 2 aliphatic heterocycles. The van der Waals surface area contributed by atoms with E-state index in [4.69, 9.17) is 0 Å². The Bertz CT molecular complexity index is 468. The third kappa shape index (κ3) is 4.21. The number of nitrogens with zero attached hydrogens (tertiary/aromatic N) is 1. The number of aryl methyl sites for hydroxylation is 1. The van der Waals surface area contributed by atoms with Crippen LogP contribution >= 0.6 is 39.7 Å². The fourth-order valence-corrected chi connectivity index (χ4v) is 4.94. The predicted molar refractivity (Wildman–Crippen MR) is 93.3 cm³/mol. The normalized spacial score (nSPS) is 24.5. The molecule has 1 aromatic rings. The fraction of sp³-hybridized carbons (Fsp3) is 0.667. The van der Waals surface area contributed by atoms with E-state index in [-0.39, 0.29) is 12.4 Å². The summed E-state index contributed by atoms with van der Waals surface area (Å²) in [5.41, 5.74) is 0. The van der Waals surface area contributed by atoms with Crippen molar-refractivity contribution in [3.05, 3.63) is 20.8 Å². The van der Waals surface area contributed by atoms with Gasteiger partial charge in [0.2, 0.25) is 5.91 Å². The molecule has 0 aliphatic carbocycles.